The molecule has 0 fully saturated rings. The van der Waals surface area contributed by atoms with Gasteiger partial charge in [0.25, 0.3) is 0 Å². The molecule has 0 rings (SSSR count). The summed E-state index contributed by atoms with van der Waals surface area (Å²) in [4.78, 5) is 17.8. The Kier molecular flexibility index (Phi) is 15.1. The van der Waals surface area contributed by atoms with Gasteiger partial charge in [0.05, 0.1) is 6.10 Å². The number of likely N-dealkylation sites (N-methyl/N-ethyl adjacent to an activating group) is 1. The van der Waals surface area contributed by atoms with Crippen LogP contribution in [0, 0.1) is 5.92 Å². The molecule has 0 saturated heterocycles. The van der Waals surface area contributed by atoms with E-state index >= 15 is 0 Å². The number of guanidine groups is 1. The van der Waals surface area contributed by atoms with E-state index in [0.717, 1.165) is 44.9 Å². The SMILES string of the molecule is CCCCC(CC)CNC(=NCC(=O)N(C)C)NCCCCOC(C)C. The van der Waals surface area contributed by atoms with Crippen LogP contribution in [-0.2, 0) is 9.53 Å². The molecule has 154 valence electrons. The van der Waals surface area contributed by atoms with E-state index in [0.29, 0.717) is 5.92 Å². The maximum absolute atomic E-state index is 11.8. The molecule has 0 spiro atoms. The topological polar surface area (TPSA) is 66.0 Å². The quantitative estimate of drug-likeness (QED) is 0.280. The summed E-state index contributed by atoms with van der Waals surface area (Å²) in [7, 11) is 3.51. The molecule has 1 atom stereocenters. The molecule has 0 radical (unpaired) electrons. The summed E-state index contributed by atoms with van der Waals surface area (Å²) < 4.78 is 5.56. The van der Waals surface area contributed by atoms with Crippen LogP contribution in [0.25, 0.3) is 0 Å². The van der Waals surface area contributed by atoms with Crippen molar-refractivity contribution in [3.8, 4) is 0 Å². The number of ether oxygens (including phenoxy) is 1. The summed E-state index contributed by atoms with van der Waals surface area (Å²) >= 11 is 0. The zero-order valence-electron chi connectivity index (χ0n) is 17.9. The molecule has 6 nitrogen and oxygen atoms in total. The Morgan fingerprint density at radius 1 is 1.12 bits per heavy atom. The number of nitrogens with zero attached hydrogens (tertiary/aromatic N) is 2. The molecule has 26 heavy (non-hydrogen) atoms. The maximum atomic E-state index is 11.8. The van der Waals surface area contributed by atoms with Crippen molar-refractivity contribution in [3.63, 3.8) is 0 Å². The Morgan fingerprint density at radius 3 is 2.42 bits per heavy atom. The number of nitrogens with one attached hydrogen (secondary N) is 2. The summed E-state index contributed by atoms with van der Waals surface area (Å²) in [5, 5.41) is 6.77. The lowest BCUT2D eigenvalue weighted by molar-refractivity contribution is -0.127. The minimum Gasteiger partial charge on any atom is -0.379 e. The second-order valence-corrected chi connectivity index (χ2v) is 7.30. The van der Waals surface area contributed by atoms with Crippen LogP contribution in [0.1, 0.15) is 66.2 Å². The Balaban J connectivity index is 4.40. The van der Waals surface area contributed by atoms with E-state index in [9.17, 15) is 4.79 Å². The van der Waals surface area contributed by atoms with Crippen LogP contribution in [0.2, 0.25) is 0 Å². The standard InChI is InChI=1S/C20H42N4O2/c1-7-9-12-18(8-2)15-22-20(23-16-19(25)24(5)6)21-13-10-11-14-26-17(3)4/h17-18H,7-16H2,1-6H3,(H2,21,22,23). The monoisotopic (exact) mass is 370 g/mol. The van der Waals surface area contributed by atoms with Crippen molar-refractivity contribution in [3.05, 3.63) is 0 Å². The highest BCUT2D eigenvalue weighted by Crippen LogP contribution is 2.11. The summed E-state index contributed by atoms with van der Waals surface area (Å²) in [6.07, 6.45) is 7.19. The fourth-order valence-corrected chi connectivity index (χ4v) is 2.40. The third-order valence-corrected chi connectivity index (χ3v) is 4.29. The number of hydrogen-bond donors (Lipinski definition) is 2. The van der Waals surface area contributed by atoms with Crippen LogP contribution in [0.3, 0.4) is 0 Å². The lowest BCUT2D eigenvalue weighted by Gasteiger charge is -2.18. The molecule has 0 aromatic heterocycles. The fraction of sp³-hybridized carbons (Fsp3) is 0.900. The van der Waals surface area contributed by atoms with Crippen molar-refractivity contribution in [1.82, 2.24) is 15.5 Å². The summed E-state index contributed by atoms with van der Waals surface area (Å²) in [6.45, 7) is 11.2. The van der Waals surface area contributed by atoms with Crippen LogP contribution >= 0.6 is 0 Å². The van der Waals surface area contributed by atoms with E-state index in [1.165, 1.54) is 19.3 Å². The fourth-order valence-electron chi connectivity index (χ4n) is 2.40. The van der Waals surface area contributed by atoms with Gasteiger partial charge in [-0.1, -0.05) is 33.1 Å². The van der Waals surface area contributed by atoms with Crippen LogP contribution in [-0.4, -0.2) is 63.2 Å². The van der Waals surface area contributed by atoms with Gasteiger partial charge in [-0.3, -0.25) is 4.79 Å². The molecular formula is C20H42N4O2. The van der Waals surface area contributed by atoms with E-state index in [-0.39, 0.29) is 18.6 Å². The first kappa shape index (κ1) is 24.7. The third kappa shape index (κ3) is 13.9. The van der Waals surface area contributed by atoms with Crippen LogP contribution < -0.4 is 10.6 Å². The molecule has 0 aliphatic carbocycles. The molecular weight excluding hydrogens is 328 g/mol. The molecule has 0 aromatic rings. The number of amides is 1. The lowest BCUT2D eigenvalue weighted by atomic mass is 9.99. The predicted octanol–water partition coefficient (Wildman–Crippen LogP) is 3.03. The van der Waals surface area contributed by atoms with E-state index in [2.05, 4.69) is 43.3 Å². The first-order chi connectivity index (χ1) is 12.4. The normalized spacial score (nSPS) is 13.0. The molecule has 2 N–H and O–H groups in total. The average molecular weight is 371 g/mol. The maximum Gasteiger partial charge on any atom is 0.243 e. The van der Waals surface area contributed by atoms with Gasteiger partial charge in [-0.15, -0.1) is 0 Å². The van der Waals surface area contributed by atoms with Gasteiger partial charge in [-0.05, 0) is 39.0 Å². The molecule has 6 heteroatoms. The van der Waals surface area contributed by atoms with Crippen molar-refractivity contribution in [2.24, 2.45) is 10.9 Å². The Bertz CT molecular complexity index is 384. The van der Waals surface area contributed by atoms with Crippen molar-refractivity contribution >= 4 is 11.9 Å². The zero-order valence-corrected chi connectivity index (χ0v) is 17.9. The number of unbranched alkanes of at least 4 members (excludes halogenated alkanes) is 2. The van der Waals surface area contributed by atoms with Crippen molar-refractivity contribution in [2.45, 2.75) is 72.3 Å². The van der Waals surface area contributed by atoms with Gasteiger partial charge in [0.1, 0.15) is 6.54 Å². The second kappa shape index (κ2) is 15.9. The molecule has 0 aliphatic heterocycles. The molecule has 1 unspecified atom stereocenters. The minimum atomic E-state index is 0.00876. The molecule has 1 amide bonds. The average Bonchev–Trinajstić information content (AvgIpc) is 2.60. The van der Waals surface area contributed by atoms with E-state index in [1.807, 2.05) is 0 Å². The molecule has 0 aromatic carbocycles. The predicted molar refractivity (Wildman–Crippen MR) is 111 cm³/mol. The molecule has 0 saturated carbocycles. The number of aliphatic imine (C=N–C) groups is 1. The van der Waals surface area contributed by atoms with E-state index in [4.69, 9.17) is 4.74 Å². The van der Waals surface area contributed by atoms with Gasteiger partial charge in [-0.2, -0.15) is 0 Å². The Labute approximate surface area is 161 Å². The summed E-state index contributed by atoms with van der Waals surface area (Å²) in [6, 6.07) is 0. The first-order valence-electron chi connectivity index (χ1n) is 10.2. The second-order valence-electron chi connectivity index (χ2n) is 7.30. The smallest absolute Gasteiger partial charge is 0.243 e. The largest absolute Gasteiger partial charge is 0.379 e. The highest BCUT2D eigenvalue weighted by molar-refractivity contribution is 5.84. The van der Waals surface area contributed by atoms with Crippen LogP contribution in [0.4, 0.5) is 0 Å². The molecule has 0 heterocycles. The Hall–Kier alpha value is -1.30. The van der Waals surface area contributed by atoms with Gasteiger partial charge in [0.15, 0.2) is 5.96 Å². The number of carbonyl (C=O) groups is 1. The first-order valence-corrected chi connectivity index (χ1v) is 10.2. The van der Waals surface area contributed by atoms with Crippen molar-refractivity contribution < 1.29 is 9.53 Å². The Morgan fingerprint density at radius 2 is 1.85 bits per heavy atom. The summed E-state index contributed by atoms with van der Waals surface area (Å²) in [5.41, 5.74) is 0. The van der Waals surface area contributed by atoms with Gasteiger partial charge in [-0.25, -0.2) is 4.99 Å². The zero-order chi connectivity index (χ0) is 19.8. The van der Waals surface area contributed by atoms with Crippen molar-refractivity contribution in [1.29, 1.82) is 0 Å². The van der Waals surface area contributed by atoms with Crippen LogP contribution in [0.15, 0.2) is 4.99 Å². The van der Waals surface area contributed by atoms with Gasteiger partial charge in [0.2, 0.25) is 5.91 Å². The molecule has 0 aliphatic rings. The number of hydrogen-bond acceptors (Lipinski definition) is 3. The highest BCUT2D eigenvalue weighted by Gasteiger charge is 2.08. The van der Waals surface area contributed by atoms with Gasteiger partial charge in [0, 0.05) is 33.8 Å². The molecule has 0 bridgehead atoms. The minimum absolute atomic E-state index is 0.00876. The van der Waals surface area contributed by atoms with Gasteiger partial charge < -0.3 is 20.3 Å². The third-order valence-electron chi connectivity index (χ3n) is 4.29. The number of carbonyl (C=O) groups excluding carboxylic acids is 1. The number of rotatable bonds is 14. The van der Waals surface area contributed by atoms with E-state index < -0.39 is 0 Å². The lowest BCUT2D eigenvalue weighted by Crippen LogP contribution is -2.41. The highest BCUT2D eigenvalue weighted by atomic mass is 16.5. The van der Waals surface area contributed by atoms with Crippen LogP contribution in [0.5, 0.6) is 0 Å². The summed E-state index contributed by atoms with van der Waals surface area (Å²) in [5.74, 6) is 1.39. The van der Waals surface area contributed by atoms with Crippen molar-refractivity contribution in [2.75, 3.05) is 40.3 Å². The van der Waals surface area contributed by atoms with Gasteiger partial charge >= 0.3 is 0 Å². The van der Waals surface area contributed by atoms with E-state index in [1.54, 1.807) is 19.0 Å².